The number of nitrogens with zero attached hydrogens (tertiary/aromatic N) is 1. The monoisotopic (exact) mass is 374 g/mol. The highest BCUT2D eigenvalue weighted by Gasteiger charge is 2.35. The van der Waals surface area contributed by atoms with Crippen molar-refractivity contribution < 1.29 is 9.59 Å². The zero-order chi connectivity index (χ0) is 17.6. The topological polar surface area (TPSA) is 49.4 Å². The molecule has 0 radical (unpaired) electrons. The maximum atomic E-state index is 12.3. The average molecular weight is 375 g/mol. The molecule has 2 aromatic rings. The van der Waals surface area contributed by atoms with Crippen LogP contribution in [0.3, 0.4) is 0 Å². The second-order valence-electron chi connectivity index (χ2n) is 5.81. The van der Waals surface area contributed by atoms with Crippen LogP contribution in [0.4, 0.5) is 5.69 Å². The van der Waals surface area contributed by atoms with E-state index < -0.39 is 0 Å². The van der Waals surface area contributed by atoms with Crippen LogP contribution in [0, 0.1) is 5.92 Å². The number of hydrogen-bond acceptors (Lipinski definition) is 3. The van der Waals surface area contributed by atoms with Crippen LogP contribution in [0.1, 0.15) is 6.42 Å². The number of amides is 2. The third-order valence-corrected chi connectivity index (χ3v) is 5.39. The van der Waals surface area contributed by atoms with Gasteiger partial charge in [0.25, 0.3) is 0 Å². The molecule has 0 saturated carbocycles. The summed E-state index contributed by atoms with van der Waals surface area (Å²) in [5, 5.41) is 3.45. The fourth-order valence-corrected chi connectivity index (χ4v) is 3.82. The number of anilines is 1. The largest absolute Gasteiger partial charge is 0.355 e. The van der Waals surface area contributed by atoms with Gasteiger partial charge >= 0.3 is 0 Å². The minimum atomic E-state index is -0.328. The summed E-state index contributed by atoms with van der Waals surface area (Å²) in [6, 6.07) is 17.3. The van der Waals surface area contributed by atoms with E-state index in [0.29, 0.717) is 23.8 Å². The molecule has 2 amide bonds. The van der Waals surface area contributed by atoms with Crippen LogP contribution < -0.4 is 10.2 Å². The summed E-state index contributed by atoms with van der Waals surface area (Å²) >= 11 is 7.86. The summed E-state index contributed by atoms with van der Waals surface area (Å²) in [5.41, 5.74) is 0.670. The van der Waals surface area contributed by atoms with Crippen molar-refractivity contribution in [1.82, 2.24) is 5.32 Å². The SMILES string of the molecule is O=C(NCCSc1ccccc1)[C@H]1CC(=O)N(c2ccccc2Cl)C1. The Labute approximate surface area is 156 Å². The molecule has 1 heterocycles. The molecule has 1 N–H and O–H groups in total. The molecule has 1 aliphatic heterocycles. The van der Waals surface area contributed by atoms with Gasteiger partial charge in [-0.3, -0.25) is 9.59 Å². The molecule has 0 unspecified atom stereocenters. The summed E-state index contributed by atoms with van der Waals surface area (Å²) in [6.07, 6.45) is 0.225. The van der Waals surface area contributed by atoms with Gasteiger partial charge in [-0.05, 0) is 24.3 Å². The van der Waals surface area contributed by atoms with E-state index in [4.69, 9.17) is 11.6 Å². The summed E-state index contributed by atoms with van der Waals surface area (Å²) in [7, 11) is 0. The van der Waals surface area contributed by atoms with E-state index in [1.807, 2.05) is 42.5 Å². The zero-order valence-electron chi connectivity index (χ0n) is 13.7. The number of rotatable bonds is 6. The van der Waals surface area contributed by atoms with E-state index in [-0.39, 0.29) is 24.2 Å². The Morgan fingerprint density at radius 1 is 1.16 bits per heavy atom. The van der Waals surface area contributed by atoms with Crippen LogP contribution in [-0.2, 0) is 9.59 Å². The fraction of sp³-hybridized carbons (Fsp3) is 0.263. The summed E-state index contributed by atoms with van der Waals surface area (Å²) in [5.74, 6) is 0.332. The van der Waals surface area contributed by atoms with E-state index in [1.54, 1.807) is 28.8 Å². The van der Waals surface area contributed by atoms with Gasteiger partial charge in [0.05, 0.1) is 16.6 Å². The number of hydrogen-bond donors (Lipinski definition) is 1. The van der Waals surface area contributed by atoms with Gasteiger partial charge in [-0.15, -0.1) is 11.8 Å². The molecule has 0 aliphatic carbocycles. The molecule has 0 spiro atoms. The molecule has 0 aromatic heterocycles. The Morgan fingerprint density at radius 2 is 1.88 bits per heavy atom. The van der Waals surface area contributed by atoms with Crippen LogP contribution in [-0.4, -0.2) is 30.7 Å². The highest BCUT2D eigenvalue weighted by molar-refractivity contribution is 7.99. The lowest BCUT2D eigenvalue weighted by Gasteiger charge is -2.18. The normalized spacial score (nSPS) is 16.9. The highest BCUT2D eigenvalue weighted by atomic mass is 35.5. The van der Waals surface area contributed by atoms with Crippen molar-refractivity contribution in [2.45, 2.75) is 11.3 Å². The highest BCUT2D eigenvalue weighted by Crippen LogP contribution is 2.31. The van der Waals surface area contributed by atoms with Gasteiger partial charge in [0.2, 0.25) is 11.8 Å². The molecule has 25 heavy (non-hydrogen) atoms. The molecular formula is C19H19ClN2O2S. The number of carbonyl (C=O) groups excluding carboxylic acids is 2. The quantitative estimate of drug-likeness (QED) is 0.620. The minimum Gasteiger partial charge on any atom is -0.355 e. The van der Waals surface area contributed by atoms with Gasteiger partial charge in [0.1, 0.15) is 0 Å². The lowest BCUT2D eigenvalue weighted by molar-refractivity contribution is -0.126. The van der Waals surface area contributed by atoms with Crippen LogP contribution in [0.25, 0.3) is 0 Å². The number of carbonyl (C=O) groups is 2. The number of para-hydroxylation sites is 1. The maximum Gasteiger partial charge on any atom is 0.227 e. The number of thioether (sulfide) groups is 1. The van der Waals surface area contributed by atoms with Gasteiger partial charge in [-0.1, -0.05) is 41.9 Å². The van der Waals surface area contributed by atoms with Crippen molar-refractivity contribution >= 4 is 40.9 Å². The van der Waals surface area contributed by atoms with Gasteiger partial charge in [-0.2, -0.15) is 0 Å². The predicted octanol–water partition coefficient (Wildman–Crippen LogP) is 3.60. The van der Waals surface area contributed by atoms with Crippen molar-refractivity contribution in [2.75, 3.05) is 23.7 Å². The maximum absolute atomic E-state index is 12.3. The van der Waals surface area contributed by atoms with Gasteiger partial charge in [0.15, 0.2) is 0 Å². The smallest absolute Gasteiger partial charge is 0.227 e. The van der Waals surface area contributed by atoms with Crippen molar-refractivity contribution in [1.29, 1.82) is 0 Å². The number of halogens is 1. The molecule has 0 bridgehead atoms. The molecule has 1 fully saturated rings. The molecule has 2 aromatic carbocycles. The third kappa shape index (κ3) is 4.55. The predicted molar refractivity (Wildman–Crippen MR) is 102 cm³/mol. The van der Waals surface area contributed by atoms with Crippen molar-refractivity contribution in [3.8, 4) is 0 Å². The minimum absolute atomic E-state index is 0.0630. The number of benzene rings is 2. The molecule has 6 heteroatoms. The first kappa shape index (κ1) is 17.8. The Morgan fingerprint density at radius 3 is 2.64 bits per heavy atom. The zero-order valence-corrected chi connectivity index (χ0v) is 15.2. The standard InChI is InChI=1S/C19H19ClN2O2S/c20-16-8-4-5-9-17(16)22-13-14(12-18(22)23)19(24)21-10-11-25-15-6-2-1-3-7-15/h1-9,14H,10-13H2,(H,21,24)/t14-/m0/s1. The van der Waals surface area contributed by atoms with Crippen LogP contribution in [0.5, 0.6) is 0 Å². The molecular weight excluding hydrogens is 356 g/mol. The lowest BCUT2D eigenvalue weighted by Crippen LogP contribution is -2.34. The van der Waals surface area contributed by atoms with Gasteiger partial charge < -0.3 is 10.2 Å². The molecule has 4 nitrogen and oxygen atoms in total. The van der Waals surface area contributed by atoms with Crippen molar-refractivity contribution in [3.05, 3.63) is 59.6 Å². The first-order valence-corrected chi connectivity index (χ1v) is 9.52. The molecule has 1 aliphatic rings. The van der Waals surface area contributed by atoms with E-state index in [0.717, 1.165) is 5.75 Å². The Kier molecular flexibility index (Phi) is 6.00. The third-order valence-electron chi connectivity index (χ3n) is 4.05. The van der Waals surface area contributed by atoms with Crippen LogP contribution in [0.2, 0.25) is 5.02 Å². The van der Waals surface area contributed by atoms with E-state index in [1.165, 1.54) is 4.90 Å². The number of nitrogens with one attached hydrogen (secondary N) is 1. The first-order chi connectivity index (χ1) is 12.1. The Hall–Kier alpha value is -1.98. The summed E-state index contributed by atoms with van der Waals surface area (Å²) in [4.78, 5) is 27.4. The van der Waals surface area contributed by atoms with E-state index >= 15 is 0 Å². The van der Waals surface area contributed by atoms with Crippen LogP contribution >= 0.6 is 23.4 Å². The van der Waals surface area contributed by atoms with E-state index in [9.17, 15) is 9.59 Å². The molecule has 1 saturated heterocycles. The molecule has 1 atom stereocenters. The lowest BCUT2D eigenvalue weighted by atomic mass is 10.1. The summed E-state index contributed by atoms with van der Waals surface area (Å²) in [6.45, 7) is 0.954. The van der Waals surface area contributed by atoms with E-state index in [2.05, 4.69) is 5.32 Å². The first-order valence-electron chi connectivity index (χ1n) is 8.15. The Balaban J connectivity index is 1.49. The van der Waals surface area contributed by atoms with Gasteiger partial charge in [-0.25, -0.2) is 0 Å². The van der Waals surface area contributed by atoms with Crippen molar-refractivity contribution in [3.63, 3.8) is 0 Å². The summed E-state index contributed by atoms with van der Waals surface area (Å²) < 4.78 is 0. The second-order valence-corrected chi connectivity index (χ2v) is 7.38. The second kappa shape index (κ2) is 8.41. The average Bonchev–Trinajstić information content (AvgIpc) is 3.01. The van der Waals surface area contributed by atoms with Crippen molar-refractivity contribution in [2.24, 2.45) is 5.92 Å². The molecule has 130 valence electrons. The fourth-order valence-electron chi connectivity index (χ4n) is 2.79. The Bertz CT molecular complexity index is 754. The van der Waals surface area contributed by atoms with Gasteiger partial charge in [0, 0.05) is 30.2 Å². The van der Waals surface area contributed by atoms with Crippen LogP contribution in [0.15, 0.2) is 59.5 Å². The molecule has 3 rings (SSSR count).